The molecule has 2 aromatic rings. The van der Waals surface area contributed by atoms with Gasteiger partial charge in [-0.25, -0.2) is 4.39 Å². The zero-order chi connectivity index (χ0) is 15.0. The molecule has 1 aliphatic rings. The van der Waals surface area contributed by atoms with Gasteiger partial charge in [-0.05, 0) is 30.7 Å². The SMILES string of the molecule is Cc1ccc(Nc2cc3c(cc2N)OCC(=O)N3)cc1F. The van der Waals surface area contributed by atoms with Crippen molar-refractivity contribution >= 4 is 28.7 Å². The van der Waals surface area contributed by atoms with Crippen LogP contribution in [0.4, 0.5) is 27.1 Å². The van der Waals surface area contributed by atoms with E-state index in [-0.39, 0.29) is 18.3 Å². The Morgan fingerprint density at radius 2 is 2.14 bits per heavy atom. The number of carbonyl (C=O) groups excluding carboxylic acids is 1. The summed E-state index contributed by atoms with van der Waals surface area (Å²) >= 11 is 0. The van der Waals surface area contributed by atoms with E-state index in [1.807, 2.05) is 0 Å². The van der Waals surface area contributed by atoms with Crippen LogP contribution in [0, 0.1) is 12.7 Å². The Morgan fingerprint density at radius 1 is 1.33 bits per heavy atom. The number of anilines is 4. The molecule has 0 aliphatic carbocycles. The van der Waals surface area contributed by atoms with Gasteiger partial charge in [0.25, 0.3) is 5.91 Å². The van der Waals surface area contributed by atoms with Crippen LogP contribution in [0.5, 0.6) is 5.75 Å². The van der Waals surface area contributed by atoms with E-state index in [0.29, 0.717) is 34.1 Å². The maximum absolute atomic E-state index is 13.6. The minimum atomic E-state index is -0.298. The van der Waals surface area contributed by atoms with Crippen molar-refractivity contribution in [2.75, 3.05) is 23.0 Å². The van der Waals surface area contributed by atoms with Crippen LogP contribution in [0.1, 0.15) is 5.56 Å². The Bertz CT molecular complexity index is 731. The van der Waals surface area contributed by atoms with Gasteiger partial charge in [-0.2, -0.15) is 0 Å². The minimum absolute atomic E-state index is 0.0254. The number of fused-ring (bicyclic) bond motifs is 1. The number of rotatable bonds is 2. The van der Waals surface area contributed by atoms with Crippen molar-refractivity contribution in [2.24, 2.45) is 0 Å². The first-order chi connectivity index (χ1) is 10.0. The average molecular weight is 287 g/mol. The second kappa shape index (κ2) is 4.97. The fourth-order valence-electron chi connectivity index (χ4n) is 2.08. The number of halogens is 1. The molecule has 0 saturated carbocycles. The molecule has 2 aromatic carbocycles. The van der Waals surface area contributed by atoms with Crippen LogP contribution in [0.2, 0.25) is 0 Å². The lowest BCUT2D eigenvalue weighted by molar-refractivity contribution is -0.118. The number of nitrogens with two attached hydrogens (primary N) is 1. The summed E-state index contributed by atoms with van der Waals surface area (Å²) in [6.45, 7) is 1.67. The van der Waals surface area contributed by atoms with Crippen LogP contribution in [0.3, 0.4) is 0 Å². The summed E-state index contributed by atoms with van der Waals surface area (Å²) in [6, 6.07) is 8.12. The number of hydrogen-bond donors (Lipinski definition) is 3. The van der Waals surface area contributed by atoms with Crippen LogP contribution in [0.15, 0.2) is 30.3 Å². The highest BCUT2D eigenvalue weighted by Gasteiger charge is 2.18. The summed E-state index contributed by atoms with van der Waals surface area (Å²) in [5.74, 6) is 0.000469. The number of nitrogens with one attached hydrogen (secondary N) is 2. The highest BCUT2D eigenvalue weighted by Crippen LogP contribution is 2.36. The van der Waals surface area contributed by atoms with E-state index in [0.717, 1.165) is 0 Å². The van der Waals surface area contributed by atoms with E-state index in [1.54, 1.807) is 31.2 Å². The molecule has 0 fully saturated rings. The van der Waals surface area contributed by atoms with Crippen LogP contribution < -0.4 is 21.1 Å². The molecular formula is C15H14FN3O2. The van der Waals surface area contributed by atoms with Gasteiger partial charge in [-0.1, -0.05) is 6.07 Å². The fraction of sp³-hybridized carbons (Fsp3) is 0.133. The van der Waals surface area contributed by atoms with Crippen LogP contribution in [-0.2, 0) is 4.79 Å². The Morgan fingerprint density at radius 3 is 2.90 bits per heavy atom. The predicted octanol–water partition coefficient (Wildman–Crippen LogP) is 2.79. The Hall–Kier alpha value is -2.76. The van der Waals surface area contributed by atoms with E-state index in [2.05, 4.69) is 10.6 Å². The van der Waals surface area contributed by atoms with Crippen molar-refractivity contribution in [3.05, 3.63) is 41.7 Å². The third kappa shape index (κ3) is 2.60. The Labute approximate surface area is 120 Å². The van der Waals surface area contributed by atoms with Gasteiger partial charge >= 0.3 is 0 Å². The lowest BCUT2D eigenvalue weighted by Crippen LogP contribution is -2.25. The van der Waals surface area contributed by atoms with Gasteiger partial charge in [0.05, 0.1) is 17.1 Å². The molecule has 0 bridgehead atoms. The highest BCUT2D eigenvalue weighted by molar-refractivity contribution is 5.97. The van der Waals surface area contributed by atoms with Crippen molar-refractivity contribution in [3.63, 3.8) is 0 Å². The third-order valence-corrected chi connectivity index (χ3v) is 3.24. The first kappa shape index (κ1) is 13.2. The summed E-state index contributed by atoms with van der Waals surface area (Å²) in [5, 5.41) is 5.73. The standard InChI is InChI=1S/C15H14FN3O2/c1-8-2-3-9(4-10(8)16)18-12-6-13-14(5-11(12)17)21-7-15(20)19-13/h2-6,18H,7,17H2,1H3,(H,19,20). The van der Waals surface area contributed by atoms with Crippen molar-refractivity contribution < 1.29 is 13.9 Å². The van der Waals surface area contributed by atoms with E-state index in [1.165, 1.54) is 6.07 Å². The van der Waals surface area contributed by atoms with Crippen molar-refractivity contribution in [2.45, 2.75) is 6.92 Å². The number of amides is 1. The highest BCUT2D eigenvalue weighted by atomic mass is 19.1. The van der Waals surface area contributed by atoms with Gasteiger partial charge in [0, 0.05) is 11.8 Å². The van der Waals surface area contributed by atoms with Gasteiger partial charge in [0.1, 0.15) is 11.6 Å². The van der Waals surface area contributed by atoms with E-state index < -0.39 is 0 Å². The maximum Gasteiger partial charge on any atom is 0.262 e. The monoisotopic (exact) mass is 287 g/mol. The number of carbonyl (C=O) groups is 1. The van der Waals surface area contributed by atoms with E-state index in [4.69, 9.17) is 10.5 Å². The molecule has 1 heterocycles. The Kier molecular flexibility index (Phi) is 3.13. The second-order valence-corrected chi connectivity index (χ2v) is 4.86. The lowest BCUT2D eigenvalue weighted by Gasteiger charge is -2.20. The molecule has 0 spiro atoms. The molecule has 0 atom stereocenters. The predicted molar refractivity (Wildman–Crippen MR) is 79.4 cm³/mol. The minimum Gasteiger partial charge on any atom is -0.482 e. The zero-order valence-electron chi connectivity index (χ0n) is 11.4. The molecule has 5 nitrogen and oxygen atoms in total. The number of nitrogen functional groups attached to an aromatic ring is 1. The van der Waals surface area contributed by atoms with Gasteiger partial charge in [0.15, 0.2) is 6.61 Å². The topological polar surface area (TPSA) is 76.4 Å². The molecule has 4 N–H and O–H groups in total. The van der Waals surface area contributed by atoms with E-state index in [9.17, 15) is 9.18 Å². The first-order valence-electron chi connectivity index (χ1n) is 6.42. The summed E-state index contributed by atoms with van der Waals surface area (Å²) in [7, 11) is 0. The smallest absolute Gasteiger partial charge is 0.262 e. The number of benzene rings is 2. The fourth-order valence-corrected chi connectivity index (χ4v) is 2.08. The molecule has 0 saturated heterocycles. The number of hydrogen-bond acceptors (Lipinski definition) is 4. The molecule has 3 rings (SSSR count). The summed E-state index contributed by atoms with van der Waals surface area (Å²) in [4.78, 5) is 11.3. The second-order valence-electron chi connectivity index (χ2n) is 4.86. The molecule has 0 unspecified atom stereocenters. The number of aryl methyl sites for hydroxylation is 1. The van der Waals surface area contributed by atoms with Gasteiger partial charge in [-0.3, -0.25) is 4.79 Å². The van der Waals surface area contributed by atoms with Crippen LogP contribution in [-0.4, -0.2) is 12.5 Å². The summed E-state index contributed by atoms with van der Waals surface area (Å²) in [6.07, 6.45) is 0. The molecule has 1 aliphatic heterocycles. The van der Waals surface area contributed by atoms with Crippen molar-refractivity contribution in [1.29, 1.82) is 0 Å². The summed E-state index contributed by atoms with van der Waals surface area (Å²) in [5.41, 5.74) is 8.65. The molecule has 1 amide bonds. The largest absolute Gasteiger partial charge is 0.482 e. The molecule has 0 aromatic heterocycles. The molecule has 108 valence electrons. The first-order valence-corrected chi connectivity index (χ1v) is 6.42. The van der Waals surface area contributed by atoms with Crippen LogP contribution in [0.25, 0.3) is 0 Å². The maximum atomic E-state index is 13.6. The van der Waals surface area contributed by atoms with E-state index >= 15 is 0 Å². The molecule has 21 heavy (non-hydrogen) atoms. The summed E-state index contributed by atoms with van der Waals surface area (Å²) < 4.78 is 18.8. The third-order valence-electron chi connectivity index (χ3n) is 3.24. The Balaban J connectivity index is 1.93. The molecule has 6 heteroatoms. The van der Waals surface area contributed by atoms with Crippen molar-refractivity contribution in [1.82, 2.24) is 0 Å². The lowest BCUT2D eigenvalue weighted by atomic mass is 10.1. The zero-order valence-corrected chi connectivity index (χ0v) is 11.4. The van der Waals surface area contributed by atoms with Gasteiger partial charge < -0.3 is 21.1 Å². The quantitative estimate of drug-likeness (QED) is 0.742. The van der Waals surface area contributed by atoms with Crippen molar-refractivity contribution in [3.8, 4) is 5.75 Å². The van der Waals surface area contributed by atoms with Gasteiger partial charge in [-0.15, -0.1) is 0 Å². The molecular weight excluding hydrogens is 273 g/mol. The average Bonchev–Trinajstić information content (AvgIpc) is 2.44. The normalized spacial score (nSPS) is 13.1. The van der Waals surface area contributed by atoms with Crippen LogP contribution >= 0.6 is 0 Å². The molecule has 0 radical (unpaired) electrons. The van der Waals surface area contributed by atoms with Gasteiger partial charge in [0.2, 0.25) is 0 Å². The number of ether oxygens (including phenoxy) is 1.